The third kappa shape index (κ3) is 7.03. The number of likely N-dealkylation sites (tertiary alicyclic amines) is 1. The van der Waals surface area contributed by atoms with E-state index >= 15 is 0 Å². The molecular formula is C21H32FIN6O2. The third-order valence-electron chi connectivity index (χ3n) is 5.66. The zero-order valence-electron chi connectivity index (χ0n) is 18.1. The summed E-state index contributed by atoms with van der Waals surface area (Å²) in [4.78, 5) is 35.3. The van der Waals surface area contributed by atoms with E-state index in [2.05, 4.69) is 25.4 Å². The summed E-state index contributed by atoms with van der Waals surface area (Å²) in [6.07, 6.45) is 2.20. The van der Waals surface area contributed by atoms with Crippen molar-refractivity contribution < 1.29 is 14.0 Å². The molecule has 0 spiro atoms. The van der Waals surface area contributed by atoms with Gasteiger partial charge in [0, 0.05) is 52.0 Å². The van der Waals surface area contributed by atoms with Gasteiger partial charge in [0.2, 0.25) is 11.8 Å². The largest absolute Gasteiger partial charge is 0.347 e. The molecule has 0 saturated carbocycles. The van der Waals surface area contributed by atoms with Gasteiger partial charge in [-0.1, -0.05) is 6.07 Å². The number of aliphatic imine (C=N–C) groups is 1. The second kappa shape index (κ2) is 12.2. The van der Waals surface area contributed by atoms with Gasteiger partial charge in [-0.2, -0.15) is 0 Å². The molecule has 1 aromatic rings. The van der Waals surface area contributed by atoms with Crippen LogP contribution in [-0.2, 0) is 9.59 Å². The lowest BCUT2D eigenvalue weighted by molar-refractivity contribution is -0.135. The predicted octanol–water partition coefficient (Wildman–Crippen LogP) is 1.59. The highest BCUT2D eigenvalue weighted by Gasteiger charge is 2.30. The van der Waals surface area contributed by atoms with E-state index in [0.29, 0.717) is 11.6 Å². The average molecular weight is 546 g/mol. The summed E-state index contributed by atoms with van der Waals surface area (Å²) in [5.74, 6) is 0.192. The minimum atomic E-state index is -0.396. The van der Waals surface area contributed by atoms with E-state index in [-0.39, 0.29) is 48.4 Å². The molecule has 31 heavy (non-hydrogen) atoms. The molecule has 0 aromatic heterocycles. The number of halogens is 2. The van der Waals surface area contributed by atoms with Crippen LogP contribution in [0.25, 0.3) is 0 Å². The van der Waals surface area contributed by atoms with Crippen LogP contribution in [0.1, 0.15) is 19.8 Å². The summed E-state index contributed by atoms with van der Waals surface area (Å²) in [6, 6.07) is 5.68. The normalized spacial score (nSPS) is 18.4. The number of piperazine rings is 1. The molecule has 0 radical (unpaired) electrons. The molecule has 172 valence electrons. The van der Waals surface area contributed by atoms with Crippen molar-refractivity contribution in [3.63, 3.8) is 0 Å². The highest BCUT2D eigenvalue weighted by molar-refractivity contribution is 14.0. The molecule has 0 aliphatic carbocycles. The topological polar surface area (TPSA) is 80.3 Å². The number of carbonyl (C=O) groups excluding carboxylic acids is 2. The number of anilines is 1. The molecule has 2 aliphatic rings. The molecule has 8 nitrogen and oxygen atoms in total. The quantitative estimate of drug-likeness (QED) is 0.333. The Labute approximate surface area is 200 Å². The second-order valence-electron chi connectivity index (χ2n) is 7.69. The summed E-state index contributed by atoms with van der Waals surface area (Å²) in [5.41, 5.74) is 0.419. The molecule has 3 rings (SSSR count). The first-order chi connectivity index (χ1) is 14.5. The summed E-state index contributed by atoms with van der Waals surface area (Å²) >= 11 is 0. The number of nitrogens with one attached hydrogen (secondary N) is 2. The zero-order valence-corrected chi connectivity index (χ0v) is 20.5. The van der Waals surface area contributed by atoms with Crippen molar-refractivity contribution in [2.24, 2.45) is 4.99 Å². The number of carbonyl (C=O) groups is 2. The molecule has 2 amide bonds. The minimum Gasteiger partial charge on any atom is -0.347 e. The fourth-order valence-electron chi connectivity index (χ4n) is 3.94. The lowest BCUT2D eigenvalue weighted by Crippen LogP contribution is -2.57. The second-order valence-corrected chi connectivity index (χ2v) is 7.69. The van der Waals surface area contributed by atoms with E-state index in [4.69, 9.17) is 0 Å². The van der Waals surface area contributed by atoms with Crippen LogP contribution < -0.4 is 10.6 Å². The molecule has 1 aromatic carbocycles. The number of hydrogen-bond donors (Lipinski definition) is 2. The molecule has 2 aliphatic heterocycles. The monoisotopic (exact) mass is 546 g/mol. The van der Waals surface area contributed by atoms with Gasteiger partial charge in [-0.3, -0.25) is 19.5 Å². The predicted molar refractivity (Wildman–Crippen MR) is 130 cm³/mol. The summed E-state index contributed by atoms with van der Waals surface area (Å²) in [6.45, 7) is 6.74. The van der Waals surface area contributed by atoms with Crippen molar-refractivity contribution in [2.45, 2.75) is 25.8 Å². The lowest BCUT2D eigenvalue weighted by atomic mass is 10.2. The van der Waals surface area contributed by atoms with E-state index in [9.17, 15) is 14.0 Å². The number of nitrogens with zero attached hydrogens (tertiary/aromatic N) is 4. The molecular weight excluding hydrogens is 514 g/mol. The van der Waals surface area contributed by atoms with Crippen LogP contribution in [0.3, 0.4) is 0 Å². The maximum absolute atomic E-state index is 13.2. The van der Waals surface area contributed by atoms with Gasteiger partial charge in [-0.05, 0) is 38.0 Å². The molecule has 1 unspecified atom stereocenters. The highest BCUT2D eigenvalue weighted by Crippen LogP contribution is 2.14. The van der Waals surface area contributed by atoms with E-state index in [1.807, 2.05) is 11.8 Å². The molecule has 2 heterocycles. The van der Waals surface area contributed by atoms with Crippen molar-refractivity contribution in [2.75, 3.05) is 58.2 Å². The van der Waals surface area contributed by atoms with Gasteiger partial charge in [0.1, 0.15) is 5.82 Å². The van der Waals surface area contributed by atoms with Crippen LogP contribution in [0.15, 0.2) is 29.3 Å². The van der Waals surface area contributed by atoms with Crippen molar-refractivity contribution in [3.05, 3.63) is 30.1 Å². The first kappa shape index (κ1) is 25.3. The van der Waals surface area contributed by atoms with Crippen molar-refractivity contribution in [1.29, 1.82) is 0 Å². The third-order valence-corrected chi connectivity index (χ3v) is 5.66. The molecule has 2 saturated heterocycles. The smallest absolute Gasteiger partial charge is 0.243 e. The van der Waals surface area contributed by atoms with Crippen LogP contribution in [-0.4, -0.2) is 91.4 Å². The molecule has 10 heteroatoms. The van der Waals surface area contributed by atoms with Crippen molar-refractivity contribution in [1.82, 2.24) is 20.0 Å². The maximum atomic E-state index is 13.2. The van der Waals surface area contributed by atoms with E-state index in [0.717, 1.165) is 52.1 Å². The van der Waals surface area contributed by atoms with E-state index < -0.39 is 5.82 Å². The van der Waals surface area contributed by atoms with Crippen LogP contribution in [0.5, 0.6) is 0 Å². The molecule has 2 fully saturated rings. The maximum Gasteiger partial charge on any atom is 0.243 e. The highest BCUT2D eigenvalue weighted by atomic mass is 127. The Bertz CT molecular complexity index is 779. The van der Waals surface area contributed by atoms with Crippen LogP contribution in [0.2, 0.25) is 0 Å². The van der Waals surface area contributed by atoms with Crippen LogP contribution in [0.4, 0.5) is 10.1 Å². The fraction of sp³-hybridized carbons (Fsp3) is 0.571. The van der Waals surface area contributed by atoms with Gasteiger partial charge in [0.05, 0.1) is 12.6 Å². The van der Waals surface area contributed by atoms with E-state index in [1.165, 1.54) is 12.1 Å². The first-order valence-corrected chi connectivity index (χ1v) is 10.5. The summed E-state index contributed by atoms with van der Waals surface area (Å²) in [5, 5.41) is 5.72. The Morgan fingerprint density at radius 1 is 1.10 bits per heavy atom. The molecule has 1 atom stereocenters. The van der Waals surface area contributed by atoms with Gasteiger partial charge in [-0.25, -0.2) is 4.39 Å². The molecule has 2 N–H and O–H groups in total. The van der Waals surface area contributed by atoms with Gasteiger partial charge in [0.25, 0.3) is 0 Å². The summed E-state index contributed by atoms with van der Waals surface area (Å²) in [7, 11) is 1.68. The Kier molecular flexibility index (Phi) is 9.94. The van der Waals surface area contributed by atoms with E-state index in [1.54, 1.807) is 19.2 Å². The first-order valence-electron chi connectivity index (χ1n) is 10.5. The van der Waals surface area contributed by atoms with Gasteiger partial charge >= 0.3 is 0 Å². The molecule has 0 bridgehead atoms. The Balaban J connectivity index is 0.00000341. The number of amides is 2. The minimum absolute atomic E-state index is 0. The van der Waals surface area contributed by atoms with Gasteiger partial charge in [0.15, 0.2) is 5.96 Å². The number of guanidine groups is 1. The van der Waals surface area contributed by atoms with Crippen molar-refractivity contribution in [3.8, 4) is 0 Å². The lowest BCUT2D eigenvalue weighted by Gasteiger charge is -2.39. The number of hydrogen-bond acceptors (Lipinski definition) is 4. The van der Waals surface area contributed by atoms with Crippen LogP contribution >= 0.6 is 24.0 Å². The summed E-state index contributed by atoms with van der Waals surface area (Å²) < 4.78 is 13.2. The Morgan fingerprint density at radius 2 is 1.77 bits per heavy atom. The standard InChI is InChI=1S/C21H31FN6O2.HI/c1-16(20(30)27-8-3-4-9-27)26-10-12-28(13-11-26)21(23-2)24-15-19(29)25-18-7-5-6-17(22)14-18;/h5-7,14,16H,3-4,8-13,15H2,1-2H3,(H,23,24)(H,25,29);1H. The Hall–Kier alpha value is -1.95. The number of rotatable bonds is 5. The van der Waals surface area contributed by atoms with Gasteiger partial charge < -0.3 is 20.4 Å². The number of benzene rings is 1. The SMILES string of the molecule is CN=C(NCC(=O)Nc1cccc(F)c1)N1CCN(C(C)C(=O)N2CCCC2)CC1.I. The Morgan fingerprint density at radius 3 is 2.39 bits per heavy atom. The van der Waals surface area contributed by atoms with Crippen molar-refractivity contribution >= 4 is 47.4 Å². The van der Waals surface area contributed by atoms with Gasteiger partial charge in [-0.15, -0.1) is 24.0 Å². The zero-order chi connectivity index (χ0) is 21.5. The average Bonchev–Trinajstić information content (AvgIpc) is 3.28. The van der Waals surface area contributed by atoms with Crippen LogP contribution in [0, 0.1) is 5.82 Å². The fourth-order valence-corrected chi connectivity index (χ4v) is 3.94.